The predicted molar refractivity (Wildman–Crippen MR) is 107 cm³/mol. The van der Waals surface area contributed by atoms with Crippen LogP contribution in [0.2, 0.25) is 0 Å². The van der Waals surface area contributed by atoms with Gasteiger partial charge in [-0.15, -0.1) is 24.8 Å². The number of hydrogen-bond donors (Lipinski definition) is 2. The van der Waals surface area contributed by atoms with Gasteiger partial charge >= 0.3 is 0 Å². The van der Waals surface area contributed by atoms with E-state index in [4.69, 9.17) is 5.73 Å². The summed E-state index contributed by atoms with van der Waals surface area (Å²) in [6.45, 7) is 2.92. The van der Waals surface area contributed by atoms with Crippen molar-refractivity contribution >= 4 is 41.5 Å². The quantitative estimate of drug-likeness (QED) is 0.673. The molecule has 3 N–H and O–H groups in total. The van der Waals surface area contributed by atoms with Crippen molar-refractivity contribution in [1.82, 2.24) is 10.3 Å². The smallest absolute Gasteiger partial charge is 0.124 e. The zero-order valence-electron chi connectivity index (χ0n) is 13.9. The highest BCUT2D eigenvalue weighted by atomic mass is 35.5. The van der Waals surface area contributed by atoms with Gasteiger partial charge in [-0.3, -0.25) is 0 Å². The maximum Gasteiger partial charge on any atom is 0.124 e. The summed E-state index contributed by atoms with van der Waals surface area (Å²) in [5, 5.41) is 4.55. The molecule has 0 fully saturated rings. The van der Waals surface area contributed by atoms with Crippen molar-refractivity contribution in [3.8, 4) is 0 Å². The monoisotopic (exact) mass is 381 g/mol. The molecule has 0 aliphatic rings. The Kier molecular flexibility index (Phi) is 8.10. The topological polar surface area (TPSA) is 50.9 Å². The largest absolute Gasteiger partial charge is 0.384 e. The molecule has 6 heteroatoms. The summed E-state index contributed by atoms with van der Waals surface area (Å²) in [7, 11) is 0. The third kappa shape index (κ3) is 5.56. The number of pyridine rings is 1. The van der Waals surface area contributed by atoms with Crippen LogP contribution in [0.5, 0.6) is 0 Å². The third-order valence-electron chi connectivity index (χ3n) is 3.99. The molecule has 1 heterocycles. The van der Waals surface area contributed by atoms with E-state index in [9.17, 15) is 4.39 Å². The van der Waals surface area contributed by atoms with Crippen LogP contribution < -0.4 is 11.1 Å². The number of hydrogen-bond acceptors (Lipinski definition) is 3. The van der Waals surface area contributed by atoms with Crippen LogP contribution >= 0.6 is 24.8 Å². The van der Waals surface area contributed by atoms with Crippen LogP contribution in [0.25, 0.3) is 10.9 Å². The van der Waals surface area contributed by atoms with Crippen LogP contribution in [-0.2, 0) is 6.42 Å². The summed E-state index contributed by atoms with van der Waals surface area (Å²) in [5.41, 5.74) is 8.81. The molecule has 3 nitrogen and oxygen atoms in total. The fourth-order valence-electron chi connectivity index (χ4n) is 2.67. The molecule has 0 spiro atoms. The molecule has 0 aliphatic carbocycles. The van der Waals surface area contributed by atoms with Gasteiger partial charge in [0.05, 0.1) is 5.52 Å². The van der Waals surface area contributed by atoms with E-state index < -0.39 is 0 Å². The van der Waals surface area contributed by atoms with Crippen molar-refractivity contribution in [3.05, 3.63) is 71.5 Å². The first-order valence-corrected chi connectivity index (χ1v) is 7.76. The molecule has 0 bridgehead atoms. The first-order valence-electron chi connectivity index (χ1n) is 7.76. The zero-order valence-corrected chi connectivity index (χ0v) is 15.5. The van der Waals surface area contributed by atoms with Crippen LogP contribution in [0.3, 0.4) is 0 Å². The summed E-state index contributed by atoms with van der Waals surface area (Å²) in [4.78, 5) is 4.31. The first-order chi connectivity index (χ1) is 11.1. The molecule has 1 atom stereocenters. The van der Waals surface area contributed by atoms with Gasteiger partial charge in [-0.05, 0) is 67.4 Å². The number of nitrogens with zero attached hydrogens (tertiary/aromatic N) is 1. The van der Waals surface area contributed by atoms with E-state index in [1.807, 2.05) is 24.3 Å². The average Bonchev–Trinajstić information content (AvgIpc) is 2.54. The molecule has 0 saturated carbocycles. The third-order valence-corrected chi connectivity index (χ3v) is 3.99. The molecule has 3 aromatic rings. The molecule has 1 unspecified atom stereocenters. The number of fused-ring (bicyclic) bond motifs is 1. The fourth-order valence-corrected chi connectivity index (χ4v) is 2.67. The van der Waals surface area contributed by atoms with Gasteiger partial charge in [-0.1, -0.05) is 18.2 Å². The highest BCUT2D eigenvalue weighted by Gasteiger charge is 2.06. The number of nitrogens with two attached hydrogens (primary N) is 1. The summed E-state index contributed by atoms with van der Waals surface area (Å²) < 4.78 is 13.2. The summed E-state index contributed by atoms with van der Waals surface area (Å²) in [6, 6.07) is 16.9. The summed E-state index contributed by atoms with van der Waals surface area (Å²) in [5.74, 6) is 0.350. The first kappa shape index (κ1) is 21.2. The fraction of sp³-hybridized carbons (Fsp3) is 0.211. The van der Waals surface area contributed by atoms with Crippen LogP contribution in [-0.4, -0.2) is 11.5 Å². The summed E-state index contributed by atoms with van der Waals surface area (Å²) >= 11 is 0. The lowest BCUT2D eigenvalue weighted by atomic mass is 10.0. The Bertz CT molecular complexity index is 827. The highest BCUT2D eigenvalue weighted by molar-refractivity contribution is 5.85. The predicted octanol–water partition coefficient (Wildman–Crippen LogP) is 4.69. The Morgan fingerprint density at radius 3 is 2.64 bits per heavy atom. The highest BCUT2D eigenvalue weighted by Crippen LogP contribution is 2.20. The molecule has 134 valence electrons. The van der Waals surface area contributed by atoms with Gasteiger partial charge in [-0.2, -0.15) is 0 Å². The van der Waals surface area contributed by atoms with Gasteiger partial charge in [0, 0.05) is 11.4 Å². The second-order valence-corrected chi connectivity index (χ2v) is 5.74. The Morgan fingerprint density at radius 2 is 1.88 bits per heavy atom. The van der Waals surface area contributed by atoms with Crippen molar-refractivity contribution in [2.24, 2.45) is 0 Å². The zero-order chi connectivity index (χ0) is 16.2. The number of aromatic nitrogens is 1. The van der Waals surface area contributed by atoms with Crippen molar-refractivity contribution in [2.45, 2.75) is 19.4 Å². The van der Waals surface area contributed by atoms with Gasteiger partial charge in [-0.25, -0.2) is 9.37 Å². The molecular weight excluding hydrogens is 360 g/mol. The maximum atomic E-state index is 13.2. The maximum absolute atomic E-state index is 13.2. The Labute approximate surface area is 159 Å². The van der Waals surface area contributed by atoms with Gasteiger partial charge in [0.15, 0.2) is 0 Å². The lowest BCUT2D eigenvalue weighted by molar-refractivity contribution is 0.575. The number of anilines is 1. The van der Waals surface area contributed by atoms with Crippen molar-refractivity contribution in [2.75, 3.05) is 12.3 Å². The molecule has 0 aliphatic heterocycles. The molecule has 2 aromatic carbocycles. The molecule has 0 amide bonds. The van der Waals surface area contributed by atoms with Crippen LogP contribution in [0.15, 0.2) is 54.6 Å². The molecule has 25 heavy (non-hydrogen) atoms. The number of nitrogens with one attached hydrogen (secondary N) is 1. The van der Waals surface area contributed by atoms with Crippen LogP contribution in [0.4, 0.5) is 10.2 Å². The van der Waals surface area contributed by atoms with E-state index in [0.717, 1.165) is 29.4 Å². The minimum Gasteiger partial charge on any atom is -0.384 e. The standard InChI is InChI=1S/C19H20FN3.2ClH/c1-13(22-10-9-14-3-2-4-17(20)11-14)15-5-7-18-16(12-15)6-8-19(21)23-18;;/h2-8,11-13,22H,9-10H2,1H3,(H2,21,23);2*1H. The number of nitrogen functional groups attached to an aromatic ring is 1. The number of halogens is 3. The van der Waals surface area contributed by atoms with E-state index in [-0.39, 0.29) is 36.7 Å². The van der Waals surface area contributed by atoms with E-state index in [2.05, 4.69) is 29.4 Å². The minimum atomic E-state index is -0.183. The van der Waals surface area contributed by atoms with Gasteiger partial charge in [0.25, 0.3) is 0 Å². The Balaban J connectivity index is 0.00000156. The lowest BCUT2D eigenvalue weighted by Gasteiger charge is -2.15. The Hall–Kier alpha value is -1.88. The molecule has 3 rings (SSSR count). The summed E-state index contributed by atoms with van der Waals surface area (Å²) in [6.07, 6.45) is 0.799. The number of benzene rings is 2. The van der Waals surface area contributed by atoms with Gasteiger partial charge in [0.1, 0.15) is 11.6 Å². The molecule has 1 aromatic heterocycles. The molecule has 0 radical (unpaired) electrons. The second-order valence-electron chi connectivity index (χ2n) is 5.74. The van der Waals surface area contributed by atoms with E-state index in [1.54, 1.807) is 12.1 Å². The normalized spacial score (nSPS) is 11.4. The van der Waals surface area contributed by atoms with E-state index in [0.29, 0.717) is 5.82 Å². The van der Waals surface area contributed by atoms with Crippen molar-refractivity contribution < 1.29 is 4.39 Å². The van der Waals surface area contributed by atoms with Crippen molar-refractivity contribution in [1.29, 1.82) is 0 Å². The Morgan fingerprint density at radius 1 is 1.08 bits per heavy atom. The van der Waals surface area contributed by atoms with Gasteiger partial charge in [0.2, 0.25) is 0 Å². The van der Waals surface area contributed by atoms with Crippen LogP contribution in [0.1, 0.15) is 24.1 Å². The van der Waals surface area contributed by atoms with Crippen LogP contribution in [0, 0.1) is 5.82 Å². The average molecular weight is 382 g/mol. The van der Waals surface area contributed by atoms with E-state index in [1.165, 1.54) is 11.6 Å². The van der Waals surface area contributed by atoms with Crippen molar-refractivity contribution in [3.63, 3.8) is 0 Å². The minimum absolute atomic E-state index is 0. The number of rotatable bonds is 5. The van der Waals surface area contributed by atoms with E-state index >= 15 is 0 Å². The SMILES string of the molecule is CC(NCCc1cccc(F)c1)c1ccc2nc(N)ccc2c1.Cl.Cl. The second kappa shape index (κ2) is 9.56. The van der Waals surface area contributed by atoms with Gasteiger partial charge < -0.3 is 11.1 Å². The molecular formula is C19H22Cl2FN3. The molecule has 0 saturated heterocycles. The lowest BCUT2D eigenvalue weighted by Crippen LogP contribution is -2.21.